The van der Waals surface area contributed by atoms with Crippen LogP contribution in [-0.2, 0) is 17.8 Å². The quantitative estimate of drug-likeness (QED) is 0.692. The SMILES string of the molecule is C=CC(=O)N1CCc2c(nc3c(C(N)=O)c(-c4ccc(Cl)cc4)[nH]n23)C1. The zero-order chi connectivity index (χ0) is 18.4. The lowest BCUT2D eigenvalue weighted by molar-refractivity contribution is -0.126. The highest BCUT2D eigenvalue weighted by atomic mass is 35.5. The normalized spacial score (nSPS) is 13.7. The molecule has 0 saturated carbocycles. The van der Waals surface area contributed by atoms with E-state index < -0.39 is 5.91 Å². The van der Waals surface area contributed by atoms with Crippen molar-refractivity contribution >= 4 is 29.1 Å². The van der Waals surface area contributed by atoms with Gasteiger partial charge in [-0.3, -0.25) is 14.7 Å². The van der Waals surface area contributed by atoms with Gasteiger partial charge in [-0.2, -0.15) is 0 Å². The number of aromatic nitrogens is 3. The Morgan fingerprint density at radius 3 is 2.69 bits per heavy atom. The Labute approximate surface area is 154 Å². The molecule has 0 saturated heterocycles. The molecule has 1 aliphatic rings. The molecule has 0 fully saturated rings. The van der Waals surface area contributed by atoms with E-state index in [1.165, 1.54) is 6.08 Å². The molecule has 3 heterocycles. The Bertz CT molecular complexity index is 1050. The van der Waals surface area contributed by atoms with Crippen LogP contribution in [0.3, 0.4) is 0 Å². The largest absolute Gasteiger partial charge is 0.365 e. The maximum absolute atomic E-state index is 12.1. The lowest BCUT2D eigenvalue weighted by Crippen LogP contribution is -2.35. The summed E-state index contributed by atoms with van der Waals surface area (Å²) >= 11 is 5.95. The highest BCUT2D eigenvalue weighted by Gasteiger charge is 2.28. The number of halogens is 1. The molecule has 1 aliphatic heterocycles. The minimum Gasteiger partial charge on any atom is -0.365 e. The molecule has 7 nitrogen and oxygen atoms in total. The maximum atomic E-state index is 12.1. The van der Waals surface area contributed by atoms with Gasteiger partial charge in [0.15, 0.2) is 5.65 Å². The number of primary amides is 1. The van der Waals surface area contributed by atoms with E-state index in [0.717, 1.165) is 17.0 Å². The van der Waals surface area contributed by atoms with Crippen LogP contribution in [0.25, 0.3) is 16.9 Å². The summed E-state index contributed by atoms with van der Waals surface area (Å²) in [5.74, 6) is -0.702. The fourth-order valence-corrected chi connectivity index (χ4v) is 3.45. The third-order valence-electron chi connectivity index (χ3n) is 4.58. The first kappa shape index (κ1) is 16.4. The number of fused-ring (bicyclic) bond motifs is 3. The van der Waals surface area contributed by atoms with E-state index >= 15 is 0 Å². The summed E-state index contributed by atoms with van der Waals surface area (Å²) in [7, 11) is 0. The fraction of sp³-hybridized carbons (Fsp3) is 0.167. The Hall–Kier alpha value is -3.06. The number of nitrogens with zero attached hydrogens (tertiary/aromatic N) is 3. The number of benzene rings is 1. The predicted molar refractivity (Wildman–Crippen MR) is 97.8 cm³/mol. The second kappa shape index (κ2) is 6.03. The summed E-state index contributed by atoms with van der Waals surface area (Å²) in [6.07, 6.45) is 1.91. The van der Waals surface area contributed by atoms with Crippen LogP contribution in [0.5, 0.6) is 0 Å². The number of carbonyl (C=O) groups excluding carboxylic acids is 2. The molecule has 0 bridgehead atoms. The van der Waals surface area contributed by atoms with Crippen molar-refractivity contribution in [3.63, 3.8) is 0 Å². The molecular formula is C18H16ClN5O2. The highest BCUT2D eigenvalue weighted by molar-refractivity contribution is 6.30. The average Bonchev–Trinajstić information content (AvgIpc) is 3.16. The van der Waals surface area contributed by atoms with Crippen LogP contribution in [0.4, 0.5) is 0 Å². The van der Waals surface area contributed by atoms with E-state index in [4.69, 9.17) is 17.3 Å². The molecular weight excluding hydrogens is 354 g/mol. The number of hydrogen-bond donors (Lipinski definition) is 2. The standard InChI is InChI=1S/C18H16ClN5O2/c1-2-14(25)23-8-7-13-12(9-23)21-18-15(17(20)26)16(22-24(13)18)10-3-5-11(19)6-4-10/h2-6,22H,1,7-9H2,(H2,20,26). The van der Waals surface area contributed by atoms with Crippen LogP contribution in [0.15, 0.2) is 36.9 Å². The van der Waals surface area contributed by atoms with Crippen molar-refractivity contribution in [3.8, 4) is 11.3 Å². The number of amides is 2. The van der Waals surface area contributed by atoms with Gasteiger partial charge in [-0.05, 0) is 18.2 Å². The predicted octanol–water partition coefficient (Wildman–Crippen LogP) is 2.15. The van der Waals surface area contributed by atoms with Gasteiger partial charge in [-0.25, -0.2) is 9.50 Å². The maximum Gasteiger partial charge on any atom is 0.254 e. The van der Waals surface area contributed by atoms with E-state index in [-0.39, 0.29) is 5.91 Å². The van der Waals surface area contributed by atoms with Crippen molar-refractivity contribution < 1.29 is 9.59 Å². The molecule has 0 spiro atoms. The molecule has 0 atom stereocenters. The molecule has 2 amide bonds. The van der Waals surface area contributed by atoms with Crippen LogP contribution in [-0.4, -0.2) is 37.9 Å². The van der Waals surface area contributed by atoms with Gasteiger partial charge in [0.2, 0.25) is 5.91 Å². The third-order valence-corrected chi connectivity index (χ3v) is 4.83. The summed E-state index contributed by atoms with van der Waals surface area (Å²) in [4.78, 5) is 30.2. The van der Waals surface area contributed by atoms with Crippen molar-refractivity contribution in [2.45, 2.75) is 13.0 Å². The minimum absolute atomic E-state index is 0.135. The molecule has 0 aliphatic carbocycles. The summed E-state index contributed by atoms with van der Waals surface area (Å²) in [5, 5.41) is 3.84. The number of imidazole rings is 1. The van der Waals surface area contributed by atoms with Crippen LogP contribution in [0.1, 0.15) is 21.7 Å². The molecule has 1 aromatic carbocycles. The van der Waals surface area contributed by atoms with Gasteiger partial charge in [-0.15, -0.1) is 0 Å². The van der Waals surface area contributed by atoms with Crippen molar-refractivity contribution in [1.82, 2.24) is 19.5 Å². The van der Waals surface area contributed by atoms with Crippen molar-refractivity contribution in [2.75, 3.05) is 6.54 Å². The molecule has 26 heavy (non-hydrogen) atoms. The van der Waals surface area contributed by atoms with Gasteiger partial charge >= 0.3 is 0 Å². The minimum atomic E-state index is -0.567. The highest BCUT2D eigenvalue weighted by Crippen LogP contribution is 2.30. The molecule has 3 aromatic rings. The number of aromatic amines is 1. The zero-order valence-corrected chi connectivity index (χ0v) is 14.6. The monoisotopic (exact) mass is 369 g/mol. The van der Waals surface area contributed by atoms with Crippen LogP contribution in [0.2, 0.25) is 5.02 Å². The zero-order valence-electron chi connectivity index (χ0n) is 13.8. The van der Waals surface area contributed by atoms with Crippen LogP contribution in [0, 0.1) is 0 Å². The van der Waals surface area contributed by atoms with Crippen LogP contribution < -0.4 is 5.73 Å². The number of carbonyl (C=O) groups is 2. The van der Waals surface area contributed by atoms with Crippen molar-refractivity contribution in [2.24, 2.45) is 5.73 Å². The van der Waals surface area contributed by atoms with E-state index in [2.05, 4.69) is 16.7 Å². The summed E-state index contributed by atoms with van der Waals surface area (Å²) in [5.41, 5.74) is 9.51. The lowest BCUT2D eigenvalue weighted by Gasteiger charge is -2.25. The van der Waals surface area contributed by atoms with Gasteiger partial charge in [0, 0.05) is 23.6 Å². The first-order chi connectivity index (χ1) is 12.5. The smallest absolute Gasteiger partial charge is 0.254 e. The average molecular weight is 370 g/mol. The first-order valence-corrected chi connectivity index (χ1v) is 8.46. The Kier molecular flexibility index (Phi) is 3.81. The van der Waals surface area contributed by atoms with E-state index in [1.807, 2.05) is 12.1 Å². The Balaban J connectivity index is 1.85. The van der Waals surface area contributed by atoms with Gasteiger partial charge in [0.1, 0.15) is 5.56 Å². The Morgan fingerprint density at radius 2 is 2.04 bits per heavy atom. The number of nitrogens with two attached hydrogens (primary N) is 1. The van der Waals surface area contributed by atoms with E-state index in [1.54, 1.807) is 21.5 Å². The molecule has 4 rings (SSSR count). The molecule has 3 N–H and O–H groups in total. The second-order valence-corrected chi connectivity index (χ2v) is 6.55. The number of rotatable bonds is 3. The second-order valence-electron chi connectivity index (χ2n) is 6.11. The van der Waals surface area contributed by atoms with E-state index in [9.17, 15) is 9.59 Å². The number of hydrogen-bond acceptors (Lipinski definition) is 3. The van der Waals surface area contributed by atoms with Gasteiger partial charge in [-0.1, -0.05) is 30.3 Å². The molecule has 8 heteroatoms. The molecule has 0 radical (unpaired) electrons. The third kappa shape index (κ3) is 2.48. The van der Waals surface area contributed by atoms with Crippen molar-refractivity contribution in [1.29, 1.82) is 0 Å². The van der Waals surface area contributed by atoms with Gasteiger partial charge in [0.25, 0.3) is 5.91 Å². The Morgan fingerprint density at radius 1 is 1.31 bits per heavy atom. The summed E-state index contributed by atoms with van der Waals surface area (Å²) < 4.78 is 1.79. The number of nitrogens with one attached hydrogen (secondary N) is 1. The summed E-state index contributed by atoms with van der Waals surface area (Å²) in [6.45, 7) is 4.46. The molecule has 0 unspecified atom stereocenters. The van der Waals surface area contributed by atoms with Gasteiger partial charge < -0.3 is 10.6 Å². The van der Waals surface area contributed by atoms with Gasteiger partial charge in [0.05, 0.1) is 23.6 Å². The van der Waals surface area contributed by atoms with E-state index in [0.29, 0.717) is 41.4 Å². The molecule has 132 valence electrons. The van der Waals surface area contributed by atoms with Crippen molar-refractivity contribution in [3.05, 3.63) is 58.9 Å². The molecule has 2 aromatic heterocycles. The first-order valence-electron chi connectivity index (χ1n) is 8.09. The lowest BCUT2D eigenvalue weighted by atomic mass is 10.1. The number of H-pyrrole nitrogens is 1. The summed E-state index contributed by atoms with van der Waals surface area (Å²) in [6, 6.07) is 7.13. The fourth-order valence-electron chi connectivity index (χ4n) is 3.33. The topological polar surface area (TPSA) is 96.5 Å². The van der Waals surface area contributed by atoms with Crippen LogP contribution >= 0.6 is 11.6 Å².